The van der Waals surface area contributed by atoms with Crippen LogP contribution < -0.4 is 0 Å². The number of unbranched alkanes of at least 4 members (excludes halogenated alkanes) is 1. The molecule has 1 aromatic rings. The molecule has 0 bridgehead atoms. The quantitative estimate of drug-likeness (QED) is 0.570. The van der Waals surface area contributed by atoms with Gasteiger partial charge in [0, 0.05) is 12.7 Å². The highest BCUT2D eigenvalue weighted by atomic mass is 19.5. The lowest BCUT2D eigenvalue weighted by molar-refractivity contribution is 0.368. The first-order valence-corrected chi connectivity index (χ1v) is 4.68. The second kappa shape index (κ2) is 6.47. The molecule has 0 saturated heterocycles. The molecule has 0 amide bonds. The maximum absolute atomic E-state index is 9.75. The summed E-state index contributed by atoms with van der Waals surface area (Å²) >= 11 is 0. The molecule has 15 heavy (non-hydrogen) atoms. The van der Waals surface area contributed by atoms with E-state index in [1.54, 1.807) is 0 Å². The molecule has 0 atom stereocenters. The lowest BCUT2D eigenvalue weighted by Gasteiger charge is -1.96. The maximum Gasteiger partial charge on any atom is 0.673 e. The Morgan fingerprint density at radius 2 is 1.87 bits per heavy atom. The SMILES string of the molecule is CCCCn1cnc(C)c1.F[B-](F)(F)F. The minimum atomic E-state index is -6.00. The monoisotopic (exact) mass is 225 g/mol. The first kappa shape index (κ1) is 14.0. The van der Waals surface area contributed by atoms with Crippen molar-refractivity contribution in [3.05, 3.63) is 18.2 Å². The van der Waals surface area contributed by atoms with Crippen molar-refractivity contribution in [2.75, 3.05) is 0 Å². The predicted octanol–water partition coefficient (Wildman–Crippen LogP) is 3.29. The molecule has 0 aliphatic carbocycles. The summed E-state index contributed by atoms with van der Waals surface area (Å²) in [5.74, 6) is 0. The van der Waals surface area contributed by atoms with Gasteiger partial charge in [-0.1, -0.05) is 13.3 Å². The smallest absolute Gasteiger partial charge is 0.418 e. The Balaban J connectivity index is 0.000000336. The molecule has 7 heteroatoms. The van der Waals surface area contributed by atoms with Crippen molar-refractivity contribution < 1.29 is 17.3 Å². The molecule has 88 valence electrons. The number of imidazole rings is 1. The molecule has 0 aromatic carbocycles. The van der Waals surface area contributed by atoms with Gasteiger partial charge in [-0.3, -0.25) is 0 Å². The van der Waals surface area contributed by atoms with Crippen molar-refractivity contribution in [1.82, 2.24) is 9.55 Å². The van der Waals surface area contributed by atoms with E-state index in [0.29, 0.717) is 0 Å². The zero-order valence-corrected chi connectivity index (χ0v) is 8.76. The number of hydrogen-bond donors (Lipinski definition) is 0. The van der Waals surface area contributed by atoms with E-state index < -0.39 is 7.25 Å². The van der Waals surface area contributed by atoms with E-state index >= 15 is 0 Å². The Morgan fingerprint density at radius 1 is 1.33 bits per heavy atom. The molecule has 0 radical (unpaired) electrons. The van der Waals surface area contributed by atoms with Crippen LogP contribution >= 0.6 is 0 Å². The summed E-state index contributed by atoms with van der Waals surface area (Å²) in [7, 11) is -6.00. The highest BCUT2D eigenvalue weighted by molar-refractivity contribution is 6.50. The van der Waals surface area contributed by atoms with E-state index in [1.807, 2.05) is 13.3 Å². The Bertz CT molecular complexity index is 266. The first-order chi connectivity index (χ1) is 6.83. The van der Waals surface area contributed by atoms with Crippen molar-refractivity contribution >= 4 is 7.25 Å². The molecule has 1 aromatic heterocycles. The summed E-state index contributed by atoms with van der Waals surface area (Å²) in [6.07, 6.45) is 6.47. The van der Waals surface area contributed by atoms with Gasteiger partial charge in [0.2, 0.25) is 0 Å². The third-order valence-electron chi connectivity index (χ3n) is 1.53. The van der Waals surface area contributed by atoms with Gasteiger partial charge < -0.3 is 21.8 Å². The summed E-state index contributed by atoms with van der Waals surface area (Å²) in [4.78, 5) is 4.13. The Labute approximate surface area is 86.4 Å². The predicted molar refractivity (Wildman–Crippen MR) is 52.1 cm³/mol. The summed E-state index contributed by atoms with van der Waals surface area (Å²) in [6.45, 7) is 5.32. The van der Waals surface area contributed by atoms with Crippen molar-refractivity contribution in [2.45, 2.75) is 33.2 Å². The molecule has 0 N–H and O–H groups in total. The fourth-order valence-corrected chi connectivity index (χ4v) is 0.935. The maximum atomic E-state index is 9.75. The fourth-order valence-electron chi connectivity index (χ4n) is 0.935. The fraction of sp³-hybridized carbons (Fsp3) is 0.625. The van der Waals surface area contributed by atoms with Gasteiger partial charge in [-0.25, -0.2) is 4.98 Å². The van der Waals surface area contributed by atoms with Gasteiger partial charge in [0.1, 0.15) is 0 Å². The third-order valence-corrected chi connectivity index (χ3v) is 1.53. The number of aromatic nitrogens is 2. The summed E-state index contributed by atoms with van der Waals surface area (Å²) < 4.78 is 41.1. The topological polar surface area (TPSA) is 17.8 Å². The second-order valence-corrected chi connectivity index (χ2v) is 3.10. The van der Waals surface area contributed by atoms with Crippen LogP contribution in [0.5, 0.6) is 0 Å². The van der Waals surface area contributed by atoms with Gasteiger partial charge in [-0.2, -0.15) is 0 Å². The van der Waals surface area contributed by atoms with Crippen molar-refractivity contribution in [3.63, 3.8) is 0 Å². The highest BCUT2D eigenvalue weighted by Crippen LogP contribution is 2.06. The molecule has 2 nitrogen and oxygen atoms in total. The summed E-state index contributed by atoms with van der Waals surface area (Å²) in [6, 6.07) is 0. The number of hydrogen-bond acceptors (Lipinski definition) is 1. The van der Waals surface area contributed by atoms with Crippen LogP contribution in [-0.2, 0) is 6.54 Å². The number of rotatable bonds is 3. The van der Waals surface area contributed by atoms with Crippen molar-refractivity contribution in [3.8, 4) is 0 Å². The third kappa shape index (κ3) is 10.9. The first-order valence-electron chi connectivity index (χ1n) is 4.68. The van der Waals surface area contributed by atoms with Gasteiger partial charge in [-0.15, -0.1) is 0 Å². The average Bonchev–Trinajstić information content (AvgIpc) is 2.45. The normalized spacial score (nSPS) is 10.8. The lowest BCUT2D eigenvalue weighted by atomic mass is 10.3. The second-order valence-electron chi connectivity index (χ2n) is 3.10. The van der Waals surface area contributed by atoms with Crippen LogP contribution in [0.4, 0.5) is 17.3 Å². The van der Waals surface area contributed by atoms with Crippen LogP contribution in [0.2, 0.25) is 0 Å². The molecule has 0 saturated carbocycles. The minimum absolute atomic E-state index is 1.11. The average molecular weight is 225 g/mol. The molecule has 0 fully saturated rings. The van der Waals surface area contributed by atoms with Crippen LogP contribution in [0.25, 0.3) is 0 Å². The molecule has 0 unspecified atom stereocenters. The molecule has 0 aliphatic heterocycles. The van der Waals surface area contributed by atoms with E-state index in [-0.39, 0.29) is 0 Å². The molecular weight excluding hydrogens is 211 g/mol. The van der Waals surface area contributed by atoms with Gasteiger partial charge >= 0.3 is 7.25 Å². The van der Waals surface area contributed by atoms with Crippen molar-refractivity contribution in [2.24, 2.45) is 0 Å². The van der Waals surface area contributed by atoms with Gasteiger partial charge in [0.15, 0.2) is 0 Å². The molecule has 1 heterocycles. The highest BCUT2D eigenvalue weighted by Gasteiger charge is 2.20. The zero-order valence-electron chi connectivity index (χ0n) is 8.76. The van der Waals surface area contributed by atoms with Gasteiger partial charge in [0.05, 0.1) is 12.0 Å². The number of nitrogens with zero attached hydrogens (tertiary/aromatic N) is 2. The van der Waals surface area contributed by atoms with Crippen LogP contribution in [0.15, 0.2) is 12.5 Å². The van der Waals surface area contributed by atoms with E-state index in [0.717, 1.165) is 12.2 Å². The Kier molecular flexibility index (Phi) is 6.04. The van der Waals surface area contributed by atoms with E-state index in [2.05, 4.69) is 22.7 Å². The molecule has 1 rings (SSSR count). The van der Waals surface area contributed by atoms with Crippen LogP contribution in [0.3, 0.4) is 0 Å². The van der Waals surface area contributed by atoms with Crippen LogP contribution in [-0.4, -0.2) is 16.8 Å². The molecule has 0 spiro atoms. The minimum Gasteiger partial charge on any atom is -0.418 e. The summed E-state index contributed by atoms with van der Waals surface area (Å²) in [5, 5.41) is 0. The molecule has 0 aliphatic rings. The Hall–Kier alpha value is -1.01. The number of halogens is 4. The van der Waals surface area contributed by atoms with Crippen LogP contribution in [0.1, 0.15) is 25.5 Å². The zero-order chi connectivity index (χ0) is 11.9. The van der Waals surface area contributed by atoms with Gasteiger partial charge in [0.25, 0.3) is 0 Å². The van der Waals surface area contributed by atoms with Crippen LogP contribution in [0, 0.1) is 6.92 Å². The van der Waals surface area contributed by atoms with Gasteiger partial charge in [-0.05, 0) is 13.3 Å². The van der Waals surface area contributed by atoms with E-state index in [4.69, 9.17) is 0 Å². The van der Waals surface area contributed by atoms with E-state index in [1.165, 1.54) is 12.8 Å². The largest absolute Gasteiger partial charge is 0.673 e. The number of aryl methyl sites for hydroxylation is 2. The Morgan fingerprint density at radius 3 is 2.20 bits per heavy atom. The molecular formula is C8H14BF4N2-. The lowest BCUT2D eigenvalue weighted by Crippen LogP contribution is -2.02. The summed E-state index contributed by atoms with van der Waals surface area (Å²) in [5.41, 5.74) is 1.11. The standard InChI is InChI=1S/C8H14N2.BF4/c1-3-4-5-10-6-8(2)9-7-10;2-1(3,4)5/h6-7H,3-5H2,1-2H3;/q;-1. The van der Waals surface area contributed by atoms with E-state index in [9.17, 15) is 17.3 Å². The van der Waals surface area contributed by atoms with Crippen molar-refractivity contribution in [1.29, 1.82) is 0 Å².